The van der Waals surface area contributed by atoms with Gasteiger partial charge < -0.3 is 20.1 Å². The fraction of sp³-hybridized carbons (Fsp3) is 0.574. The van der Waals surface area contributed by atoms with Gasteiger partial charge in [0.2, 0.25) is 5.91 Å². The third-order valence-corrected chi connectivity index (χ3v) is 9.17. The first-order valence-electron chi connectivity index (χ1n) is 21.4. The lowest BCUT2D eigenvalue weighted by atomic mass is 10.1. The molecule has 0 saturated heterocycles. The molecule has 0 radical (unpaired) electrons. The van der Waals surface area contributed by atoms with E-state index in [0.717, 1.165) is 83.5 Å². The van der Waals surface area contributed by atoms with Gasteiger partial charge in [0.25, 0.3) is 0 Å². The maximum Gasteiger partial charge on any atom is 0.472 e. The largest absolute Gasteiger partial charge is 0.472 e. The average molecular weight is 814 g/mol. The van der Waals surface area contributed by atoms with Crippen molar-refractivity contribution in [1.29, 1.82) is 0 Å². The van der Waals surface area contributed by atoms with Gasteiger partial charge in [-0.2, -0.15) is 0 Å². The molecular weight excluding hydrogens is 737 g/mol. The van der Waals surface area contributed by atoms with Crippen LogP contribution in [0.25, 0.3) is 0 Å². The number of allylic oxidation sites excluding steroid dienone is 18. The van der Waals surface area contributed by atoms with E-state index in [1.165, 1.54) is 25.7 Å². The molecule has 0 aromatic carbocycles. The smallest absolute Gasteiger partial charge is 0.463 e. The summed E-state index contributed by atoms with van der Waals surface area (Å²) in [6, 6.07) is 0. The molecule has 0 fully saturated rings. The van der Waals surface area contributed by atoms with Crippen molar-refractivity contribution in [2.75, 3.05) is 26.4 Å². The van der Waals surface area contributed by atoms with Crippen LogP contribution in [0.4, 0.5) is 0 Å². The summed E-state index contributed by atoms with van der Waals surface area (Å²) in [4.78, 5) is 33.9. The maximum absolute atomic E-state index is 12.1. The van der Waals surface area contributed by atoms with E-state index in [9.17, 15) is 24.2 Å². The Morgan fingerprint density at radius 1 is 0.561 bits per heavy atom. The van der Waals surface area contributed by atoms with Crippen molar-refractivity contribution in [2.24, 2.45) is 0 Å². The van der Waals surface area contributed by atoms with E-state index in [-0.39, 0.29) is 32.1 Å². The maximum atomic E-state index is 12.1. The molecule has 1 amide bonds. The molecule has 57 heavy (non-hydrogen) atoms. The van der Waals surface area contributed by atoms with Crippen molar-refractivity contribution in [3.05, 3.63) is 109 Å². The van der Waals surface area contributed by atoms with E-state index < -0.39 is 26.5 Å². The van der Waals surface area contributed by atoms with Gasteiger partial charge in [0.05, 0.1) is 13.2 Å². The van der Waals surface area contributed by atoms with Gasteiger partial charge in [0.1, 0.15) is 12.7 Å². The fourth-order valence-corrected chi connectivity index (χ4v) is 5.74. The molecule has 0 aliphatic carbocycles. The van der Waals surface area contributed by atoms with E-state index in [4.69, 9.17) is 13.8 Å². The van der Waals surface area contributed by atoms with Crippen LogP contribution in [-0.4, -0.2) is 54.3 Å². The van der Waals surface area contributed by atoms with Crippen LogP contribution in [0.2, 0.25) is 0 Å². The number of esters is 1. The number of ether oxygens (including phenoxy) is 1. The van der Waals surface area contributed by atoms with Crippen LogP contribution in [0.5, 0.6) is 0 Å². The first kappa shape index (κ1) is 53.7. The number of rotatable bonds is 38. The zero-order valence-corrected chi connectivity index (χ0v) is 36.1. The highest BCUT2D eigenvalue weighted by Gasteiger charge is 2.23. The molecule has 0 aliphatic heterocycles. The van der Waals surface area contributed by atoms with Gasteiger partial charge in [-0.1, -0.05) is 142 Å². The summed E-state index contributed by atoms with van der Waals surface area (Å²) in [6.45, 7) is 3.27. The van der Waals surface area contributed by atoms with E-state index in [1.54, 1.807) is 0 Å². The molecule has 2 atom stereocenters. The van der Waals surface area contributed by atoms with Crippen LogP contribution in [-0.2, 0) is 27.9 Å². The predicted octanol–water partition coefficient (Wildman–Crippen LogP) is 12.0. The lowest BCUT2D eigenvalue weighted by Gasteiger charge is -2.15. The molecule has 10 heteroatoms. The topological polar surface area (TPSA) is 131 Å². The number of nitrogens with one attached hydrogen (secondary N) is 1. The Morgan fingerprint density at radius 3 is 1.51 bits per heavy atom. The van der Waals surface area contributed by atoms with Crippen molar-refractivity contribution in [3.63, 3.8) is 0 Å². The van der Waals surface area contributed by atoms with Gasteiger partial charge in [-0.15, -0.1) is 0 Å². The molecular formula is C47H76NO8P. The normalized spacial score (nSPS) is 14.4. The average Bonchev–Trinajstić information content (AvgIpc) is 3.20. The molecule has 0 rings (SSSR count). The van der Waals surface area contributed by atoms with Gasteiger partial charge in [-0.25, -0.2) is 4.57 Å². The van der Waals surface area contributed by atoms with Gasteiger partial charge in [-0.3, -0.25) is 18.6 Å². The Kier molecular flexibility index (Phi) is 39.8. The molecule has 3 N–H and O–H groups in total. The summed E-state index contributed by atoms with van der Waals surface area (Å²) in [5, 5.41) is 12.7. The molecule has 0 heterocycles. The number of phosphoric ester groups is 1. The quantitative estimate of drug-likeness (QED) is 0.0243. The van der Waals surface area contributed by atoms with Crippen molar-refractivity contribution in [1.82, 2.24) is 5.32 Å². The first-order valence-corrected chi connectivity index (χ1v) is 22.9. The summed E-state index contributed by atoms with van der Waals surface area (Å²) in [5.74, 6) is -0.618. The van der Waals surface area contributed by atoms with Crippen molar-refractivity contribution in [2.45, 2.75) is 148 Å². The summed E-state index contributed by atoms with van der Waals surface area (Å²) < 4.78 is 26.8. The molecule has 0 bridgehead atoms. The van der Waals surface area contributed by atoms with Crippen LogP contribution in [0.3, 0.4) is 0 Å². The number of amides is 1. The molecule has 0 saturated carbocycles. The van der Waals surface area contributed by atoms with E-state index in [0.29, 0.717) is 12.8 Å². The summed E-state index contributed by atoms with van der Waals surface area (Å²) in [7, 11) is -4.45. The lowest BCUT2D eigenvalue weighted by molar-refractivity contribution is -0.147. The van der Waals surface area contributed by atoms with Gasteiger partial charge >= 0.3 is 13.8 Å². The highest BCUT2D eigenvalue weighted by atomic mass is 31.2. The lowest BCUT2D eigenvalue weighted by Crippen LogP contribution is -2.27. The predicted molar refractivity (Wildman–Crippen MR) is 238 cm³/mol. The summed E-state index contributed by atoms with van der Waals surface area (Å²) in [6.07, 6.45) is 55.9. The standard InChI is InChI=1S/C47H76NO8P/c1-3-5-7-9-11-13-15-17-19-21-22-24-25-27-29-31-33-35-37-39-46(50)48-41-42-55-57(52,53)56-44-45(49)43-54-47(51)40-38-36-34-32-30-28-26-23-20-18-16-14-12-10-8-6-4-2/h6,8,11-14,17-20,22,24,26-29,32,34,45,49H,3-5,7,9-10,15-16,21,23,25,30-31,33,35-44H2,1-2H3,(H,48,50)(H,52,53)/b8-6-,13-11-,14-12-,19-17-,20-18-,24-22-,28-26-,29-27-,34-32-. The number of carbonyl (C=O) groups excluding carboxylic acids is 2. The Morgan fingerprint density at radius 2 is 1.02 bits per heavy atom. The zero-order valence-electron chi connectivity index (χ0n) is 35.2. The van der Waals surface area contributed by atoms with Crippen molar-refractivity contribution < 1.29 is 37.9 Å². The fourth-order valence-electron chi connectivity index (χ4n) is 4.99. The van der Waals surface area contributed by atoms with Gasteiger partial charge in [0, 0.05) is 19.4 Å². The second kappa shape index (κ2) is 42.3. The van der Waals surface area contributed by atoms with Crippen LogP contribution in [0, 0.1) is 0 Å². The number of aliphatic hydroxyl groups excluding tert-OH is 1. The van der Waals surface area contributed by atoms with E-state index in [2.05, 4.69) is 122 Å². The molecule has 9 nitrogen and oxygen atoms in total. The minimum Gasteiger partial charge on any atom is -0.463 e. The molecule has 0 spiro atoms. The van der Waals surface area contributed by atoms with Crippen LogP contribution < -0.4 is 5.32 Å². The van der Waals surface area contributed by atoms with Gasteiger partial charge in [-0.05, 0) is 96.3 Å². The molecule has 322 valence electrons. The molecule has 0 aromatic heterocycles. The van der Waals surface area contributed by atoms with Crippen LogP contribution in [0.1, 0.15) is 142 Å². The highest BCUT2D eigenvalue weighted by molar-refractivity contribution is 7.47. The highest BCUT2D eigenvalue weighted by Crippen LogP contribution is 2.42. The van der Waals surface area contributed by atoms with E-state index >= 15 is 0 Å². The molecule has 2 unspecified atom stereocenters. The number of phosphoric acid groups is 1. The summed E-state index contributed by atoms with van der Waals surface area (Å²) in [5.41, 5.74) is 0. The third kappa shape index (κ3) is 43.6. The monoisotopic (exact) mass is 814 g/mol. The van der Waals surface area contributed by atoms with Crippen molar-refractivity contribution in [3.8, 4) is 0 Å². The van der Waals surface area contributed by atoms with Crippen molar-refractivity contribution >= 4 is 19.7 Å². The number of hydrogen-bond acceptors (Lipinski definition) is 7. The molecule has 0 aromatic rings. The summed E-state index contributed by atoms with van der Waals surface area (Å²) >= 11 is 0. The first-order chi connectivity index (χ1) is 27.8. The molecule has 0 aliphatic rings. The zero-order chi connectivity index (χ0) is 41.8. The number of aliphatic hydroxyl groups is 1. The number of unbranched alkanes of at least 4 members (excludes halogenated alkanes) is 7. The second-order valence-corrected chi connectivity index (χ2v) is 15.0. The van der Waals surface area contributed by atoms with Gasteiger partial charge in [0.15, 0.2) is 0 Å². The minimum atomic E-state index is -4.45. The van der Waals surface area contributed by atoms with Crippen LogP contribution in [0.15, 0.2) is 109 Å². The van der Waals surface area contributed by atoms with E-state index in [1.807, 2.05) is 6.08 Å². The second-order valence-electron chi connectivity index (χ2n) is 13.6. The Labute approximate surface area is 346 Å². The number of carbonyl (C=O) groups is 2. The Balaban J connectivity index is 3.77. The minimum absolute atomic E-state index is 0.0503. The third-order valence-electron chi connectivity index (χ3n) is 8.19. The number of hydrogen-bond donors (Lipinski definition) is 3. The Hall–Kier alpha value is -3.33. The SMILES string of the molecule is CC/C=C\C/C=C\C/C=C\C/C=C\C/C=C\CCCC(=O)OCC(O)COP(=O)(O)OCCNC(=O)CCCCC/C=C\C/C=C\C/C=C\C/C=C\CCCCC. The Bertz CT molecular complexity index is 1290. The van der Waals surface area contributed by atoms with Crippen LogP contribution >= 0.6 is 7.82 Å².